The zero-order chi connectivity index (χ0) is 13.3. The highest BCUT2D eigenvalue weighted by Gasteiger charge is 2.16. The highest BCUT2D eigenvalue weighted by atomic mass is 35.5. The number of benzene rings is 1. The van der Waals surface area contributed by atoms with E-state index in [4.69, 9.17) is 11.6 Å². The van der Waals surface area contributed by atoms with Gasteiger partial charge in [0.05, 0.1) is 0 Å². The average molecular weight is 268 g/mol. The van der Waals surface area contributed by atoms with Gasteiger partial charge in [-0.05, 0) is 43.2 Å². The lowest BCUT2D eigenvalue weighted by Gasteiger charge is -2.24. The van der Waals surface area contributed by atoms with Crippen molar-refractivity contribution in [2.75, 3.05) is 19.0 Å². The second-order valence-electron chi connectivity index (χ2n) is 5.72. The van der Waals surface area contributed by atoms with E-state index < -0.39 is 0 Å². The van der Waals surface area contributed by atoms with Crippen molar-refractivity contribution in [3.63, 3.8) is 0 Å². The van der Waals surface area contributed by atoms with Gasteiger partial charge in [0.25, 0.3) is 0 Å². The Morgan fingerprint density at radius 1 is 1.11 bits per heavy atom. The maximum absolute atomic E-state index is 5.74. The third-order valence-electron chi connectivity index (χ3n) is 3.25. The monoisotopic (exact) mass is 267 g/mol. The molecule has 18 heavy (non-hydrogen) atoms. The van der Waals surface area contributed by atoms with Gasteiger partial charge < -0.3 is 5.32 Å². The maximum atomic E-state index is 5.74. The van der Waals surface area contributed by atoms with Gasteiger partial charge in [-0.15, -0.1) is 11.6 Å². The summed E-state index contributed by atoms with van der Waals surface area (Å²) in [5.41, 5.74) is 1.79. The summed E-state index contributed by atoms with van der Waals surface area (Å²) in [6.45, 7) is 6.80. The number of aryl methyl sites for hydroxylation is 1. The fraction of sp³-hybridized carbons (Fsp3) is 0.625. The molecule has 2 heteroatoms. The summed E-state index contributed by atoms with van der Waals surface area (Å²) in [4.78, 5) is 0. The van der Waals surface area contributed by atoms with E-state index in [9.17, 15) is 0 Å². The Balaban J connectivity index is 2.08. The first-order chi connectivity index (χ1) is 8.64. The van der Waals surface area contributed by atoms with Crippen LogP contribution in [-0.2, 0) is 6.42 Å². The largest absolute Gasteiger partial charge is 0.316 e. The van der Waals surface area contributed by atoms with E-state index >= 15 is 0 Å². The van der Waals surface area contributed by atoms with Gasteiger partial charge in [-0.25, -0.2) is 0 Å². The topological polar surface area (TPSA) is 12.0 Å². The van der Waals surface area contributed by atoms with Crippen LogP contribution in [0.2, 0.25) is 0 Å². The van der Waals surface area contributed by atoms with E-state index in [0.717, 1.165) is 31.8 Å². The van der Waals surface area contributed by atoms with Crippen molar-refractivity contribution in [1.29, 1.82) is 0 Å². The van der Waals surface area contributed by atoms with Crippen LogP contribution in [0.1, 0.15) is 38.7 Å². The molecule has 0 atom stereocenters. The summed E-state index contributed by atoms with van der Waals surface area (Å²) in [6.07, 6.45) is 4.67. The van der Waals surface area contributed by atoms with Crippen molar-refractivity contribution in [3.05, 3.63) is 35.9 Å². The molecule has 0 heterocycles. The van der Waals surface area contributed by atoms with E-state index in [0.29, 0.717) is 5.41 Å². The molecule has 0 fully saturated rings. The van der Waals surface area contributed by atoms with Crippen LogP contribution >= 0.6 is 11.6 Å². The number of hydrogen-bond acceptors (Lipinski definition) is 1. The fourth-order valence-corrected chi connectivity index (χ4v) is 2.26. The van der Waals surface area contributed by atoms with E-state index in [1.165, 1.54) is 18.4 Å². The number of rotatable bonds is 9. The molecule has 1 aromatic carbocycles. The Morgan fingerprint density at radius 2 is 1.83 bits per heavy atom. The van der Waals surface area contributed by atoms with E-state index in [1.807, 2.05) is 0 Å². The van der Waals surface area contributed by atoms with Crippen molar-refractivity contribution in [1.82, 2.24) is 5.32 Å². The molecule has 0 saturated carbocycles. The maximum Gasteiger partial charge on any atom is 0.0223 e. The standard InChI is InChI=1S/C16H26ClN/c1-16(2,11-7-12-17)14-18-13-6-10-15-8-4-3-5-9-15/h3-5,8-9,18H,6-7,10-14H2,1-2H3. The van der Waals surface area contributed by atoms with Gasteiger partial charge in [-0.3, -0.25) is 0 Å². The van der Waals surface area contributed by atoms with E-state index in [1.54, 1.807) is 0 Å². The average Bonchev–Trinajstić information content (AvgIpc) is 2.37. The van der Waals surface area contributed by atoms with Crippen molar-refractivity contribution in [2.24, 2.45) is 5.41 Å². The van der Waals surface area contributed by atoms with Gasteiger partial charge >= 0.3 is 0 Å². The summed E-state index contributed by atoms with van der Waals surface area (Å²) < 4.78 is 0. The molecule has 1 nitrogen and oxygen atoms in total. The Kier molecular flexibility index (Phi) is 7.38. The van der Waals surface area contributed by atoms with Crippen LogP contribution in [-0.4, -0.2) is 19.0 Å². The minimum atomic E-state index is 0.363. The van der Waals surface area contributed by atoms with Crippen LogP contribution in [0.15, 0.2) is 30.3 Å². The Labute approximate surface area is 117 Å². The van der Waals surface area contributed by atoms with Crippen molar-refractivity contribution >= 4 is 11.6 Å². The normalized spacial score (nSPS) is 11.7. The SMILES string of the molecule is CC(C)(CCCCl)CNCCCc1ccccc1. The molecule has 0 saturated heterocycles. The summed E-state index contributed by atoms with van der Waals surface area (Å²) in [6, 6.07) is 10.7. The van der Waals surface area contributed by atoms with Crippen molar-refractivity contribution in [3.8, 4) is 0 Å². The van der Waals surface area contributed by atoms with Gasteiger partial charge in [0.15, 0.2) is 0 Å². The van der Waals surface area contributed by atoms with Crippen LogP contribution in [0.5, 0.6) is 0 Å². The van der Waals surface area contributed by atoms with Crippen LogP contribution in [0.4, 0.5) is 0 Å². The number of alkyl halides is 1. The molecule has 102 valence electrons. The minimum Gasteiger partial charge on any atom is -0.316 e. The predicted octanol–water partition coefficient (Wildman–Crippen LogP) is 4.25. The second-order valence-corrected chi connectivity index (χ2v) is 6.10. The Bertz CT molecular complexity index is 308. The quantitative estimate of drug-likeness (QED) is 0.521. The molecule has 0 spiro atoms. The zero-order valence-electron chi connectivity index (χ0n) is 11.7. The summed E-state index contributed by atoms with van der Waals surface area (Å²) in [5.74, 6) is 0.775. The van der Waals surface area contributed by atoms with Crippen LogP contribution in [0.3, 0.4) is 0 Å². The molecule has 0 bridgehead atoms. The molecule has 1 rings (SSSR count). The van der Waals surface area contributed by atoms with E-state index in [-0.39, 0.29) is 0 Å². The van der Waals surface area contributed by atoms with Crippen molar-refractivity contribution in [2.45, 2.75) is 39.5 Å². The first-order valence-electron chi connectivity index (χ1n) is 6.95. The zero-order valence-corrected chi connectivity index (χ0v) is 12.5. The number of halogens is 1. The lowest BCUT2D eigenvalue weighted by atomic mass is 9.88. The fourth-order valence-electron chi connectivity index (χ4n) is 2.12. The van der Waals surface area contributed by atoms with Crippen LogP contribution in [0.25, 0.3) is 0 Å². The molecule has 0 aliphatic rings. The van der Waals surface area contributed by atoms with Gasteiger partial charge in [0.2, 0.25) is 0 Å². The highest BCUT2D eigenvalue weighted by Crippen LogP contribution is 2.21. The summed E-state index contributed by atoms with van der Waals surface area (Å²) in [7, 11) is 0. The molecule has 0 aromatic heterocycles. The summed E-state index contributed by atoms with van der Waals surface area (Å²) in [5, 5.41) is 3.56. The first-order valence-corrected chi connectivity index (χ1v) is 7.48. The molecule has 0 amide bonds. The third-order valence-corrected chi connectivity index (χ3v) is 3.52. The molecule has 0 aliphatic carbocycles. The molecule has 1 aromatic rings. The molecule has 0 aliphatic heterocycles. The first kappa shape index (κ1) is 15.5. The molecule has 0 radical (unpaired) electrons. The van der Waals surface area contributed by atoms with E-state index in [2.05, 4.69) is 49.5 Å². The molecular weight excluding hydrogens is 242 g/mol. The van der Waals surface area contributed by atoms with Gasteiger partial charge in [0, 0.05) is 12.4 Å². The predicted molar refractivity (Wildman–Crippen MR) is 81.4 cm³/mol. The number of hydrogen-bond donors (Lipinski definition) is 1. The highest BCUT2D eigenvalue weighted by molar-refractivity contribution is 6.17. The summed E-state index contributed by atoms with van der Waals surface area (Å²) >= 11 is 5.74. The lowest BCUT2D eigenvalue weighted by Crippen LogP contribution is -2.30. The molecular formula is C16H26ClN. The Morgan fingerprint density at radius 3 is 2.50 bits per heavy atom. The second kappa shape index (κ2) is 8.55. The lowest BCUT2D eigenvalue weighted by molar-refractivity contribution is 0.312. The van der Waals surface area contributed by atoms with Gasteiger partial charge in [-0.2, -0.15) is 0 Å². The van der Waals surface area contributed by atoms with Crippen LogP contribution in [0, 0.1) is 5.41 Å². The smallest absolute Gasteiger partial charge is 0.0223 e. The van der Waals surface area contributed by atoms with Crippen LogP contribution < -0.4 is 5.32 Å². The van der Waals surface area contributed by atoms with Gasteiger partial charge in [0.1, 0.15) is 0 Å². The number of nitrogens with one attached hydrogen (secondary N) is 1. The molecule has 0 unspecified atom stereocenters. The molecule has 1 N–H and O–H groups in total. The minimum absolute atomic E-state index is 0.363. The Hall–Kier alpha value is -0.530. The van der Waals surface area contributed by atoms with Crippen molar-refractivity contribution < 1.29 is 0 Å². The van der Waals surface area contributed by atoms with Gasteiger partial charge in [-0.1, -0.05) is 44.2 Å². The third kappa shape index (κ3) is 7.03.